The fraction of sp³-hybridized carbons (Fsp3) is 0. The van der Waals surface area contributed by atoms with E-state index in [0.717, 1.165) is 44.8 Å². The molecule has 0 N–H and O–H groups in total. The topological polar surface area (TPSA) is 41.9 Å². The summed E-state index contributed by atoms with van der Waals surface area (Å²) in [7, 11) is 0. The molecule has 0 atom stereocenters. The molecular formula is C51H32N4S2. The SMILES string of the molecule is c1ccc(-c2nc(-c3ccccc3)nc(-c3cc(-c4ccc5c(c4)Sc4ccccc4N5c4ccccc4)cc(-c4cccc5c4sc4ccccc45)c3)n2)cc1. The maximum atomic E-state index is 5.17. The van der Waals surface area contributed by atoms with Gasteiger partial charge in [-0.1, -0.05) is 145 Å². The van der Waals surface area contributed by atoms with Crippen molar-refractivity contribution in [2.24, 2.45) is 0 Å². The van der Waals surface area contributed by atoms with Gasteiger partial charge in [0.2, 0.25) is 0 Å². The number of fused-ring (bicyclic) bond motifs is 5. The average molecular weight is 765 g/mol. The summed E-state index contributed by atoms with van der Waals surface area (Å²) in [5.41, 5.74) is 10.8. The van der Waals surface area contributed by atoms with Gasteiger partial charge in [-0.05, 0) is 82.9 Å². The Balaban J connectivity index is 1.13. The van der Waals surface area contributed by atoms with Crippen molar-refractivity contribution in [1.82, 2.24) is 15.0 Å². The molecule has 0 saturated heterocycles. The molecule has 0 aliphatic carbocycles. The largest absolute Gasteiger partial charge is 0.308 e. The van der Waals surface area contributed by atoms with Crippen molar-refractivity contribution >= 4 is 60.3 Å². The lowest BCUT2D eigenvalue weighted by molar-refractivity contribution is 1.07. The zero-order valence-corrected chi connectivity index (χ0v) is 32.2. The molecule has 10 aromatic rings. The van der Waals surface area contributed by atoms with Gasteiger partial charge >= 0.3 is 0 Å². The predicted octanol–water partition coefficient (Wildman–Crippen LogP) is 14.5. The minimum Gasteiger partial charge on any atom is -0.308 e. The Morgan fingerprint density at radius 2 is 0.947 bits per heavy atom. The van der Waals surface area contributed by atoms with E-state index in [0.29, 0.717) is 17.5 Å². The minimum atomic E-state index is 0.630. The van der Waals surface area contributed by atoms with Gasteiger partial charge in [0.25, 0.3) is 0 Å². The van der Waals surface area contributed by atoms with Gasteiger partial charge in [-0.15, -0.1) is 11.3 Å². The highest BCUT2D eigenvalue weighted by atomic mass is 32.2. The fourth-order valence-electron chi connectivity index (χ4n) is 7.78. The molecule has 8 aromatic carbocycles. The van der Waals surface area contributed by atoms with Crippen LogP contribution in [0.5, 0.6) is 0 Å². The summed E-state index contributed by atoms with van der Waals surface area (Å²) in [5, 5.41) is 2.55. The molecule has 0 unspecified atom stereocenters. The molecule has 0 fully saturated rings. The van der Waals surface area contributed by atoms with Crippen molar-refractivity contribution in [3.8, 4) is 56.4 Å². The van der Waals surface area contributed by atoms with Crippen LogP contribution in [0.2, 0.25) is 0 Å². The standard InChI is InChI=1S/C51H32N4S2/c1-4-15-33(16-5-1)49-52-50(34-17-6-2-7-18-34)54-51(53-49)38-30-36(29-37(31-38)40-22-14-23-42-41-21-10-12-25-45(41)57-48(40)42)35-27-28-44-47(32-35)56-46-26-13-11-24-43(46)55(44)39-19-8-3-9-20-39/h1-32H. The third kappa shape index (κ3) is 6.07. The summed E-state index contributed by atoms with van der Waals surface area (Å²) < 4.78 is 2.55. The number of hydrogen-bond acceptors (Lipinski definition) is 6. The van der Waals surface area contributed by atoms with E-state index in [1.807, 2.05) is 59.5 Å². The summed E-state index contributed by atoms with van der Waals surface area (Å²) in [5.74, 6) is 1.91. The summed E-state index contributed by atoms with van der Waals surface area (Å²) in [6.07, 6.45) is 0. The Labute approximate surface area is 338 Å². The molecule has 2 aromatic heterocycles. The van der Waals surface area contributed by atoms with Crippen LogP contribution in [-0.4, -0.2) is 15.0 Å². The number of benzene rings is 8. The monoisotopic (exact) mass is 764 g/mol. The van der Waals surface area contributed by atoms with Crippen LogP contribution in [-0.2, 0) is 0 Å². The third-order valence-electron chi connectivity index (χ3n) is 10.5. The number of rotatable bonds is 6. The molecule has 57 heavy (non-hydrogen) atoms. The van der Waals surface area contributed by atoms with Crippen molar-refractivity contribution < 1.29 is 0 Å². The second kappa shape index (κ2) is 14.0. The molecule has 0 spiro atoms. The molecule has 1 aliphatic rings. The number of aromatic nitrogens is 3. The summed E-state index contributed by atoms with van der Waals surface area (Å²) in [6.45, 7) is 0. The van der Waals surface area contributed by atoms with Gasteiger partial charge in [0, 0.05) is 52.3 Å². The Morgan fingerprint density at radius 3 is 1.70 bits per heavy atom. The summed E-state index contributed by atoms with van der Waals surface area (Å²) in [4.78, 5) is 20.1. The Hall–Kier alpha value is -6.86. The van der Waals surface area contributed by atoms with E-state index >= 15 is 0 Å². The van der Waals surface area contributed by atoms with Gasteiger partial charge in [-0.3, -0.25) is 0 Å². The maximum Gasteiger partial charge on any atom is 0.164 e. The molecule has 0 radical (unpaired) electrons. The van der Waals surface area contributed by atoms with E-state index in [4.69, 9.17) is 15.0 Å². The van der Waals surface area contributed by atoms with Gasteiger partial charge in [0.15, 0.2) is 17.5 Å². The zero-order chi connectivity index (χ0) is 37.7. The number of hydrogen-bond donors (Lipinski definition) is 0. The van der Waals surface area contributed by atoms with Crippen molar-refractivity contribution in [3.63, 3.8) is 0 Å². The number of nitrogens with zero attached hydrogens (tertiary/aromatic N) is 4. The lowest BCUT2D eigenvalue weighted by Crippen LogP contribution is -2.14. The molecule has 268 valence electrons. The van der Waals surface area contributed by atoms with Crippen molar-refractivity contribution in [2.75, 3.05) is 4.90 Å². The van der Waals surface area contributed by atoms with Crippen LogP contribution in [0.25, 0.3) is 76.6 Å². The van der Waals surface area contributed by atoms with Crippen LogP contribution in [0.1, 0.15) is 0 Å². The smallest absolute Gasteiger partial charge is 0.164 e. The minimum absolute atomic E-state index is 0.630. The normalized spacial score (nSPS) is 12.1. The Morgan fingerprint density at radius 1 is 0.368 bits per heavy atom. The predicted molar refractivity (Wildman–Crippen MR) is 239 cm³/mol. The van der Waals surface area contributed by atoms with E-state index in [-0.39, 0.29) is 0 Å². The molecule has 1 aliphatic heterocycles. The lowest BCUT2D eigenvalue weighted by atomic mass is 9.94. The zero-order valence-electron chi connectivity index (χ0n) is 30.6. The fourth-order valence-corrected chi connectivity index (χ4v) is 10.1. The van der Waals surface area contributed by atoms with Crippen molar-refractivity contribution in [3.05, 3.63) is 194 Å². The molecular weight excluding hydrogens is 733 g/mol. The highest BCUT2D eigenvalue weighted by molar-refractivity contribution is 7.99. The second-order valence-electron chi connectivity index (χ2n) is 14.0. The third-order valence-corrected chi connectivity index (χ3v) is 12.8. The quantitative estimate of drug-likeness (QED) is 0.169. The van der Waals surface area contributed by atoms with E-state index in [1.54, 1.807) is 0 Å². The first kappa shape index (κ1) is 33.5. The average Bonchev–Trinajstić information content (AvgIpc) is 3.68. The number of anilines is 3. The van der Waals surface area contributed by atoms with Crippen LogP contribution in [0.3, 0.4) is 0 Å². The number of thiophene rings is 1. The molecule has 0 amide bonds. The van der Waals surface area contributed by atoms with Crippen molar-refractivity contribution in [1.29, 1.82) is 0 Å². The van der Waals surface area contributed by atoms with Crippen LogP contribution in [0.15, 0.2) is 204 Å². The molecule has 4 nitrogen and oxygen atoms in total. The highest BCUT2D eigenvalue weighted by Gasteiger charge is 2.25. The van der Waals surface area contributed by atoms with E-state index in [1.165, 1.54) is 41.2 Å². The van der Waals surface area contributed by atoms with Crippen molar-refractivity contribution in [2.45, 2.75) is 9.79 Å². The lowest BCUT2D eigenvalue weighted by Gasteiger charge is -2.33. The summed E-state index contributed by atoms with van der Waals surface area (Å²) in [6, 6.07) is 68.7. The van der Waals surface area contributed by atoms with Gasteiger partial charge in [0.05, 0.1) is 11.4 Å². The van der Waals surface area contributed by atoms with E-state index in [9.17, 15) is 0 Å². The van der Waals surface area contributed by atoms with Gasteiger partial charge in [-0.25, -0.2) is 15.0 Å². The highest BCUT2D eigenvalue weighted by Crippen LogP contribution is 2.52. The summed E-state index contributed by atoms with van der Waals surface area (Å²) >= 11 is 3.67. The first-order valence-corrected chi connectivity index (χ1v) is 20.6. The number of para-hydroxylation sites is 2. The Bertz CT molecular complexity index is 3050. The van der Waals surface area contributed by atoms with E-state index < -0.39 is 0 Å². The van der Waals surface area contributed by atoms with Crippen LogP contribution in [0, 0.1) is 0 Å². The first-order valence-electron chi connectivity index (χ1n) is 18.9. The van der Waals surface area contributed by atoms with Crippen LogP contribution < -0.4 is 4.90 Å². The maximum absolute atomic E-state index is 5.17. The van der Waals surface area contributed by atoms with Crippen LogP contribution in [0.4, 0.5) is 17.1 Å². The van der Waals surface area contributed by atoms with Gasteiger partial charge < -0.3 is 4.90 Å². The van der Waals surface area contributed by atoms with Crippen LogP contribution >= 0.6 is 23.1 Å². The molecule has 11 rings (SSSR count). The first-order chi connectivity index (χ1) is 28.2. The molecule has 0 saturated carbocycles. The van der Waals surface area contributed by atoms with Gasteiger partial charge in [-0.2, -0.15) is 0 Å². The Kier molecular flexibility index (Phi) is 8.23. The molecule has 3 heterocycles. The van der Waals surface area contributed by atoms with Gasteiger partial charge in [0.1, 0.15) is 0 Å². The van der Waals surface area contributed by atoms with E-state index in [2.05, 4.69) is 163 Å². The molecule has 6 heteroatoms. The second-order valence-corrected chi connectivity index (χ2v) is 16.2. The molecule has 0 bridgehead atoms.